The van der Waals surface area contributed by atoms with E-state index in [0.717, 1.165) is 24.0 Å². The second-order valence-electron chi connectivity index (χ2n) is 9.34. The van der Waals surface area contributed by atoms with Crippen LogP contribution >= 0.6 is 0 Å². The molecule has 0 spiro atoms. The van der Waals surface area contributed by atoms with E-state index in [4.69, 9.17) is 4.74 Å². The number of fused-ring (bicyclic) bond motifs is 3. The van der Waals surface area contributed by atoms with E-state index in [1.807, 2.05) is 24.3 Å². The molecule has 0 saturated heterocycles. The number of hydrogen-bond acceptors (Lipinski definition) is 4. The highest BCUT2D eigenvalue weighted by Gasteiger charge is 2.52. The molecule has 2 saturated carbocycles. The molecular formula is C26H28N2O5. The van der Waals surface area contributed by atoms with Gasteiger partial charge in [-0.15, -0.1) is 0 Å². The van der Waals surface area contributed by atoms with Crippen LogP contribution in [-0.4, -0.2) is 41.3 Å². The molecule has 0 radical (unpaired) electrons. The number of carboxylic acid groups (broad SMARTS) is 1. The summed E-state index contributed by atoms with van der Waals surface area (Å²) in [6.45, 7) is 0.214. The summed E-state index contributed by atoms with van der Waals surface area (Å²) < 4.78 is 5.65. The Kier molecular flexibility index (Phi) is 5.56. The summed E-state index contributed by atoms with van der Waals surface area (Å²) in [6.07, 6.45) is 3.43. The summed E-state index contributed by atoms with van der Waals surface area (Å²) in [5.74, 6) is -1.76. The Hall–Kier alpha value is -3.35. The molecular weight excluding hydrogens is 420 g/mol. The smallest absolute Gasteiger partial charge is 0.407 e. The molecule has 172 valence electrons. The van der Waals surface area contributed by atoms with Crippen LogP contribution in [0.15, 0.2) is 48.5 Å². The maximum atomic E-state index is 12.8. The lowest BCUT2D eigenvalue weighted by molar-refractivity contribution is -0.144. The van der Waals surface area contributed by atoms with E-state index in [1.54, 1.807) is 0 Å². The average molecular weight is 449 g/mol. The molecule has 0 aliphatic heterocycles. The number of hydrogen-bond donors (Lipinski definition) is 3. The van der Waals surface area contributed by atoms with Gasteiger partial charge in [0.2, 0.25) is 5.91 Å². The zero-order chi connectivity index (χ0) is 23.0. The van der Waals surface area contributed by atoms with Crippen LogP contribution in [0.2, 0.25) is 0 Å². The SMILES string of the molecule is O=C(N[C@H]1CCCC[C@H]1C(=O)NC1(C(=O)O)CC1)OCC1c2ccccc2-c2ccccc21. The summed E-state index contributed by atoms with van der Waals surface area (Å²) in [5, 5.41) is 15.0. The number of amides is 2. The van der Waals surface area contributed by atoms with E-state index >= 15 is 0 Å². The Bertz CT molecular complexity index is 1050. The summed E-state index contributed by atoms with van der Waals surface area (Å²) in [4.78, 5) is 37.0. The topological polar surface area (TPSA) is 105 Å². The van der Waals surface area contributed by atoms with E-state index in [2.05, 4.69) is 34.9 Å². The molecule has 7 nitrogen and oxygen atoms in total. The number of nitrogens with one attached hydrogen (secondary N) is 2. The van der Waals surface area contributed by atoms with Crippen molar-refractivity contribution < 1.29 is 24.2 Å². The lowest BCUT2D eigenvalue weighted by Crippen LogP contribution is -2.52. The molecule has 0 unspecified atom stereocenters. The third-order valence-corrected chi connectivity index (χ3v) is 7.27. The van der Waals surface area contributed by atoms with Crippen LogP contribution in [0.3, 0.4) is 0 Å². The van der Waals surface area contributed by atoms with E-state index < -0.39 is 23.5 Å². The Morgan fingerprint density at radius 3 is 2.15 bits per heavy atom. The van der Waals surface area contributed by atoms with Crippen molar-refractivity contribution in [2.24, 2.45) is 5.92 Å². The highest BCUT2D eigenvalue weighted by atomic mass is 16.5. The molecule has 3 aliphatic rings. The van der Waals surface area contributed by atoms with Gasteiger partial charge in [0.25, 0.3) is 0 Å². The fourth-order valence-electron chi connectivity index (χ4n) is 5.25. The maximum Gasteiger partial charge on any atom is 0.407 e. The quantitative estimate of drug-likeness (QED) is 0.623. The molecule has 3 aliphatic carbocycles. The number of alkyl carbamates (subject to hydrolysis) is 1. The lowest BCUT2D eigenvalue weighted by atomic mass is 9.83. The molecule has 2 atom stereocenters. The molecule has 7 heteroatoms. The molecule has 33 heavy (non-hydrogen) atoms. The van der Waals surface area contributed by atoms with Crippen LogP contribution < -0.4 is 10.6 Å². The first-order chi connectivity index (χ1) is 16.0. The number of benzene rings is 2. The normalized spacial score (nSPS) is 22.5. The van der Waals surface area contributed by atoms with Gasteiger partial charge in [-0.05, 0) is 47.9 Å². The fraction of sp³-hybridized carbons (Fsp3) is 0.423. The number of ether oxygens (including phenoxy) is 1. The van der Waals surface area contributed by atoms with Crippen LogP contribution in [0, 0.1) is 5.92 Å². The average Bonchev–Trinajstić information content (AvgIpc) is 3.54. The third-order valence-electron chi connectivity index (χ3n) is 7.27. The highest BCUT2D eigenvalue weighted by Crippen LogP contribution is 2.44. The highest BCUT2D eigenvalue weighted by molar-refractivity contribution is 5.91. The van der Waals surface area contributed by atoms with Crippen molar-refractivity contribution in [1.82, 2.24) is 10.6 Å². The van der Waals surface area contributed by atoms with Crippen molar-refractivity contribution in [2.75, 3.05) is 6.61 Å². The monoisotopic (exact) mass is 448 g/mol. The first-order valence-electron chi connectivity index (χ1n) is 11.7. The summed E-state index contributed by atoms with van der Waals surface area (Å²) >= 11 is 0. The van der Waals surface area contributed by atoms with Gasteiger partial charge in [0, 0.05) is 12.0 Å². The molecule has 0 heterocycles. The number of carbonyl (C=O) groups excluding carboxylic acids is 2. The predicted octanol–water partition coefficient (Wildman–Crippen LogP) is 3.82. The number of carbonyl (C=O) groups is 3. The van der Waals surface area contributed by atoms with Gasteiger partial charge in [-0.2, -0.15) is 0 Å². The van der Waals surface area contributed by atoms with Crippen LogP contribution in [0.25, 0.3) is 11.1 Å². The van der Waals surface area contributed by atoms with Crippen LogP contribution in [0.4, 0.5) is 4.79 Å². The van der Waals surface area contributed by atoms with Crippen molar-refractivity contribution in [3.05, 3.63) is 59.7 Å². The predicted molar refractivity (Wildman–Crippen MR) is 122 cm³/mol. The molecule has 5 rings (SSSR count). The fourth-order valence-corrected chi connectivity index (χ4v) is 5.25. The van der Waals surface area contributed by atoms with Gasteiger partial charge >= 0.3 is 12.1 Å². The number of rotatable bonds is 6. The molecule has 3 N–H and O–H groups in total. The van der Waals surface area contributed by atoms with Crippen molar-refractivity contribution in [3.8, 4) is 11.1 Å². The minimum absolute atomic E-state index is 0.0288. The van der Waals surface area contributed by atoms with Crippen molar-refractivity contribution in [2.45, 2.75) is 56.0 Å². The Morgan fingerprint density at radius 1 is 0.939 bits per heavy atom. The summed E-state index contributed by atoms with van der Waals surface area (Å²) in [5.41, 5.74) is 3.50. The zero-order valence-corrected chi connectivity index (χ0v) is 18.4. The number of carboxylic acids is 1. The van der Waals surface area contributed by atoms with Gasteiger partial charge in [0.05, 0.1) is 5.92 Å². The molecule has 0 bridgehead atoms. The molecule has 2 fully saturated rings. The second kappa shape index (κ2) is 8.54. The Morgan fingerprint density at radius 2 is 1.55 bits per heavy atom. The van der Waals surface area contributed by atoms with Gasteiger partial charge in [0.1, 0.15) is 12.1 Å². The molecule has 0 aromatic heterocycles. The summed E-state index contributed by atoms with van der Waals surface area (Å²) in [6, 6.07) is 16.0. The van der Waals surface area contributed by atoms with E-state index in [1.165, 1.54) is 11.1 Å². The van der Waals surface area contributed by atoms with Crippen LogP contribution in [0.5, 0.6) is 0 Å². The van der Waals surface area contributed by atoms with E-state index in [9.17, 15) is 19.5 Å². The third kappa shape index (κ3) is 4.08. The van der Waals surface area contributed by atoms with Gasteiger partial charge in [-0.1, -0.05) is 61.4 Å². The zero-order valence-electron chi connectivity index (χ0n) is 18.4. The number of aliphatic carboxylic acids is 1. The van der Waals surface area contributed by atoms with Crippen LogP contribution in [-0.2, 0) is 14.3 Å². The van der Waals surface area contributed by atoms with Crippen molar-refractivity contribution in [1.29, 1.82) is 0 Å². The van der Waals surface area contributed by atoms with Gasteiger partial charge < -0.3 is 20.5 Å². The first kappa shape index (κ1) is 21.5. The van der Waals surface area contributed by atoms with Gasteiger partial charge in [-0.25, -0.2) is 9.59 Å². The minimum Gasteiger partial charge on any atom is -0.480 e. The largest absolute Gasteiger partial charge is 0.480 e. The van der Waals surface area contributed by atoms with Crippen molar-refractivity contribution in [3.63, 3.8) is 0 Å². The van der Waals surface area contributed by atoms with Crippen molar-refractivity contribution >= 4 is 18.0 Å². The standard InChI is InChI=1S/C26H28N2O5/c29-23(28-26(13-14-26)24(30)31)20-11-5-6-12-22(20)27-25(32)33-15-21-18-9-3-1-7-16(18)17-8-2-4-10-19(17)21/h1-4,7-10,20-22H,5-6,11-15H2,(H,27,32)(H,28,29)(H,30,31)/t20-,22+/m1/s1. The lowest BCUT2D eigenvalue weighted by Gasteiger charge is -2.32. The van der Waals surface area contributed by atoms with Gasteiger partial charge in [-0.3, -0.25) is 4.79 Å². The first-order valence-corrected chi connectivity index (χ1v) is 11.7. The van der Waals surface area contributed by atoms with E-state index in [0.29, 0.717) is 25.7 Å². The molecule has 2 amide bonds. The molecule has 2 aromatic carbocycles. The van der Waals surface area contributed by atoms with E-state index in [-0.39, 0.29) is 24.5 Å². The van der Waals surface area contributed by atoms with Crippen LogP contribution in [0.1, 0.15) is 55.6 Å². The second-order valence-corrected chi connectivity index (χ2v) is 9.34. The Balaban J connectivity index is 1.22. The minimum atomic E-state index is -1.12. The van der Waals surface area contributed by atoms with Gasteiger partial charge in [0.15, 0.2) is 0 Å². The maximum absolute atomic E-state index is 12.8. The summed E-state index contributed by atoms with van der Waals surface area (Å²) in [7, 11) is 0. The Labute approximate surface area is 192 Å². The molecule has 2 aromatic rings.